The maximum atomic E-state index is 12.5. The number of hydrogen-bond acceptors (Lipinski definition) is 5. The van der Waals surface area contributed by atoms with E-state index < -0.39 is 18.5 Å². The zero-order valence-corrected chi connectivity index (χ0v) is 17.1. The van der Waals surface area contributed by atoms with Crippen molar-refractivity contribution in [2.24, 2.45) is 0 Å². The lowest BCUT2D eigenvalue weighted by Crippen LogP contribution is -2.23. The van der Waals surface area contributed by atoms with Gasteiger partial charge in [0.2, 0.25) is 0 Å². The second-order valence-electron chi connectivity index (χ2n) is 7.11. The first-order chi connectivity index (χ1) is 15.0. The first-order valence-corrected chi connectivity index (χ1v) is 9.65. The van der Waals surface area contributed by atoms with E-state index in [-0.39, 0.29) is 5.69 Å². The van der Waals surface area contributed by atoms with E-state index >= 15 is 0 Å². The van der Waals surface area contributed by atoms with Gasteiger partial charge < -0.3 is 24.0 Å². The second-order valence-corrected chi connectivity index (χ2v) is 7.11. The summed E-state index contributed by atoms with van der Waals surface area (Å²) >= 11 is 0. The first-order valence-electron chi connectivity index (χ1n) is 9.65. The van der Waals surface area contributed by atoms with E-state index in [0.717, 1.165) is 22.2 Å². The predicted octanol–water partition coefficient (Wildman–Crippen LogP) is 3.89. The molecule has 31 heavy (non-hydrogen) atoms. The first kappa shape index (κ1) is 20.0. The number of carbonyl (C=O) groups is 2. The largest absolute Gasteiger partial charge is 0.467 e. The number of H-pyrrole nitrogens is 1. The molecule has 8 heteroatoms. The molecule has 0 saturated heterocycles. The summed E-state index contributed by atoms with van der Waals surface area (Å²) in [7, 11) is 0. The molecule has 0 aliphatic carbocycles. The van der Waals surface area contributed by atoms with E-state index in [1.54, 1.807) is 23.0 Å². The van der Waals surface area contributed by atoms with Crippen LogP contribution in [0.2, 0.25) is 0 Å². The van der Waals surface area contributed by atoms with Gasteiger partial charge in [-0.3, -0.25) is 4.79 Å². The Balaban J connectivity index is 1.48. The summed E-state index contributed by atoms with van der Waals surface area (Å²) < 4.78 is 12.3. The molecule has 8 nitrogen and oxygen atoms in total. The van der Waals surface area contributed by atoms with Gasteiger partial charge in [-0.25, -0.2) is 4.79 Å². The van der Waals surface area contributed by atoms with E-state index in [9.17, 15) is 14.9 Å². The van der Waals surface area contributed by atoms with Crippen LogP contribution in [-0.4, -0.2) is 28.0 Å². The van der Waals surface area contributed by atoms with Crippen molar-refractivity contribution in [3.63, 3.8) is 0 Å². The number of rotatable bonds is 6. The van der Waals surface area contributed by atoms with Crippen LogP contribution in [-0.2, 0) is 16.1 Å². The smallest absolute Gasteiger partial charge is 0.355 e. The minimum atomic E-state index is -0.634. The Morgan fingerprint density at radius 2 is 2.03 bits per heavy atom. The molecular formula is C23H20N4O4. The number of nitrogens with zero attached hydrogens (tertiary/aromatic N) is 2. The third-order valence-electron chi connectivity index (χ3n) is 5.18. The molecule has 0 spiro atoms. The van der Waals surface area contributed by atoms with Crippen molar-refractivity contribution in [1.29, 1.82) is 5.26 Å². The average molecular weight is 416 g/mol. The maximum Gasteiger partial charge on any atom is 0.355 e. The molecule has 0 radical (unpaired) electrons. The number of anilines is 1. The molecule has 0 bridgehead atoms. The fourth-order valence-electron chi connectivity index (χ4n) is 3.45. The third-order valence-corrected chi connectivity index (χ3v) is 5.18. The lowest BCUT2D eigenvalue weighted by molar-refractivity contribution is -0.119. The highest BCUT2D eigenvalue weighted by atomic mass is 16.5. The topological polar surface area (TPSA) is 113 Å². The predicted molar refractivity (Wildman–Crippen MR) is 114 cm³/mol. The fourth-order valence-corrected chi connectivity index (χ4v) is 3.45. The Kier molecular flexibility index (Phi) is 5.33. The third kappa shape index (κ3) is 3.94. The van der Waals surface area contributed by atoms with Crippen LogP contribution in [0, 0.1) is 25.2 Å². The highest BCUT2D eigenvalue weighted by Crippen LogP contribution is 2.27. The minimum absolute atomic E-state index is 0.264. The Hall–Kier alpha value is -4.25. The molecule has 1 amide bonds. The van der Waals surface area contributed by atoms with Crippen LogP contribution >= 0.6 is 0 Å². The fraction of sp³-hybridized carbons (Fsp3) is 0.174. The number of carbonyl (C=O) groups excluding carboxylic acids is 2. The molecule has 4 rings (SSSR count). The number of para-hydroxylation sites is 1. The summed E-state index contributed by atoms with van der Waals surface area (Å²) in [6.07, 6.45) is 1.56. The van der Waals surface area contributed by atoms with E-state index in [2.05, 4.69) is 16.4 Å². The molecule has 0 fully saturated rings. The van der Waals surface area contributed by atoms with Gasteiger partial charge in [-0.15, -0.1) is 0 Å². The number of furan rings is 1. The lowest BCUT2D eigenvalue weighted by atomic mass is 10.2. The molecule has 0 saturated carbocycles. The van der Waals surface area contributed by atoms with Crippen LogP contribution in [0.3, 0.4) is 0 Å². The van der Waals surface area contributed by atoms with Crippen molar-refractivity contribution < 1.29 is 18.7 Å². The highest BCUT2D eigenvalue weighted by Gasteiger charge is 2.21. The van der Waals surface area contributed by atoms with Crippen molar-refractivity contribution >= 4 is 28.6 Å². The molecule has 3 heterocycles. The number of esters is 1. The Bertz CT molecular complexity index is 1270. The monoisotopic (exact) mass is 416 g/mol. The summed E-state index contributed by atoms with van der Waals surface area (Å²) in [6.45, 7) is 3.55. The summed E-state index contributed by atoms with van der Waals surface area (Å²) in [6, 6.07) is 14.8. The zero-order valence-electron chi connectivity index (χ0n) is 17.1. The van der Waals surface area contributed by atoms with Crippen molar-refractivity contribution in [2.75, 3.05) is 11.9 Å². The molecule has 2 N–H and O–H groups in total. The molecule has 0 unspecified atom stereocenters. The van der Waals surface area contributed by atoms with Crippen LogP contribution in [0.15, 0.2) is 53.1 Å². The average Bonchev–Trinajstić information content (AvgIpc) is 3.48. The molecule has 4 aromatic rings. The summed E-state index contributed by atoms with van der Waals surface area (Å²) in [5.74, 6) is -0.145. The van der Waals surface area contributed by atoms with Crippen molar-refractivity contribution in [3.05, 3.63) is 77.0 Å². The van der Waals surface area contributed by atoms with E-state index in [1.165, 1.54) is 0 Å². The zero-order chi connectivity index (χ0) is 22.0. The number of aromatic nitrogens is 2. The van der Waals surface area contributed by atoms with E-state index in [1.807, 2.05) is 44.2 Å². The van der Waals surface area contributed by atoms with E-state index in [4.69, 9.17) is 9.15 Å². The van der Waals surface area contributed by atoms with Gasteiger partial charge in [-0.05, 0) is 43.7 Å². The summed E-state index contributed by atoms with van der Waals surface area (Å²) in [5, 5.41) is 13.2. The van der Waals surface area contributed by atoms with Gasteiger partial charge in [0.15, 0.2) is 6.61 Å². The Morgan fingerprint density at radius 1 is 1.23 bits per heavy atom. The summed E-state index contributed by atoms with van der Waals surface area (Å²) in [4.78, 5) is 27.8. The van der Waals surface area contributed by atoms with Gasteiger partial charge in [0.05, 0.1) is 18.4 Å². The van der Waals surface area contributed by atoms with Gasteiger partial charge in [0, 0.05) is 16.6 Å². The highest BCUT2D eigenvalue weighted by molar-refractivity contribution is 5.98. The molecule has 0 atom stereocenters. The SMILES string of the molecule is Cc1c(C#N)c(NC(=O)COC(=O)c2cc3ccccc3[nH]2)n(Cc2ccco2)c1C. The van der Waals surface area contributed by atoms with Gasteiger partial charge in [-0.2, -0.15) is 5.26 Å². The normalized spacial score (nSPS) is 10.7. The van der Waals surface area contributed by atoms with Crippen LogP contribution in [0.5, 0.6) is 0 Å². The Labute approximate surface area is 178 Å². The molecule has 0 aliphatic heterocycles. The van der Waals surface area contributed by atoms with Gasteiger partial charge in [0.25, 0.3) is 5.91 Å². The molecular weight excluding hydrogens is 396 g/mol. The van der Waals surface area contributed by atoms with Crippen molar-refractivity contribution in [3.8, 4) is 6.07 Å². The van der Waals surface area contributed by atoms with Crippen molar-refractivity contribution in [2.45, 2.75) is 20.4 Å². The number of nitriles is 1. The van der Waals surface area contributed by atoms with Crippen LogP contribution in [0.1, 0.15) is 33.1 Å². The molecule has 0 aliphatic rings. The number of nitrogens with one attached hydrogen (secondary N) is 2. The summed E-state index contributed by atoms with van der Waals surface area (Å²) in [5.41, 5.74) is 3.02. The second kappa shape index (κ2) is 8.24. The van der Waals surface area contributed by atoms with E-state index in [0.29, 0.717) is 23.7 Å². The minimum Gasteiger partial charge on any atom is -0.467 e. The van der Waals surface area contributed by atoms with Crippen LogP contribution < -0.4 is 5.32 Å². The van der Waals surface area contributed by atoms with Crippen molar-refractivity contribution in [1.82, 2.24) is 9.55 Å². The quantitative estimate of drug-likeness (QED) is 0.463. The Morgan fingerprint density at radius 3 is 2.74 bits per heavy atom. The van der Waals surface area contributed by atoms with Crippen LogP contribution in [0.4, 0.5) is 5.82 Å². The number of ether oxygens (including phenoxy) is 1. The van der Waals surface area contributed by atoms with Gasteiger partial charge >= 0.3 is 5.97 Å². The maximum absolute atomic E-state index is 12.5. The number of hydrogen-bond donors (Lipinski definition) is 2. The van der Waals surface area contributed by atoms with Gasteiger partial charge in [-0.1, -0.05) is 18.2 Å². The molecule has 1 aromatic carbocycles. The molecule has 156 valence electrons. The number of fused-ring (bicyclic) bond motifs is 1. The van der Waals surface area contributed by atoms with Crippen LogP contribution in [0.25, 0.3) is 10.9 Å². The number of amides is 1. The van der Waals surface area contributed by atoms with Gasteiger partial charge in [0.1, 0.15) is 23.3 Å². The lowest BCUT2D eigenvalue weighted by Gasteiger charge is -2.12. The number of benzene rings is 1. The number of aromatic amines is 1. The molecule has 3 aromatic heterocycles. The standard InChI is InChI=1S/C23H20N4O4/c1-14-15(2)27(12-17-7-5-9-30-17)22(18(14)11-24)26-21(28)13-31-23(29)20-10-16-6-3-4-8-19(16)25-20/h3-10,25H,12-13H2,1-2H3,(H,26,28).